The molecule has 4 heteroatoms. The van der Waals surface area contributed by atoms with E-state index in [1.54, 1.807) is 0 Å². The third-order valence-electron chi connectivity index (χ3n) is 14.5. The number of benzene rings is 12. The van der Waals surface area contributed by atoms with Gasteiger partial charge in [0.05, 0.1) is 27.5 Å². The van der Waals surface area contributed by atoms with Gasteiger partial charge in [-0.2, -0.15) is 0 Å². The van der Waals surface area contributed by atoms with Gasteiger partial charge in [0.25, 0.3) is 0 Å². The molecule has 338 valence electrons. The van der Waals surface area contributed by atoms with Gasteiger partial charge in [-0.3, -0.25) is 0 Å². The maximum absolute atomic E-state index is 2.49. The van der Waals surface area contributed by atoms with E-state index < -0.39 is 16.1 Å². The van der Waals surface area contributed by atoms with Crippen LogP contribution in [0.4, 0.5) is 34.1 Å². The van der Waals surface area contributed by atoms with Gasteiger partial charge in [-0.05, 0) is 127 Å². The van der Waals surface area contributed by atoms with Crippen LogP contribution in [0.5, 0.6) is 0 Å². The third-order valence-corrected chi connectivity index (χ3v) is 18.6. The molecular weight excluding hydrogens is 877 g/mol. The lowest BCUT2D eigenvalue weighted by Gasteiger charge is -2.31. The van der Waals surface area contributed by atoms with E-state index in [1.165, 1.54) is 86.5 Å². The van der Waals surface area contributed by atoms with Gasteiger partial charge in [0.1, 0.15) is 0 Å². The van der Waals surface area contributed by atoms with Gasteiger partial charge in [-0.1, -0.05) is 207 Å². The van der Waals surface area contributed by atoms with Crippen LogP contribution in [0.15, 0.2) is 231 Å². The second-order valence-corrected chi connectivity index (χ2v) is 31.2. The highest BCUT2D eigenvalue weighted by Gasteiger charge is 2.27. The number of hydrogen-bond acceptors (Lipinski definition) is 2. The van der Waals surface area contributed by atoms with E-state index >= 15 is 0 Å². The summed E-state index contributed by atoms with van der Waals surface area (Å²) in [4.78, 5) is 4.98. The zero-order chi connectivity index (χ0) is 47.7. The number of para-hydroxylation sites is 2. The molecule has 0 saturated heterocycles. The fourth-order valence-electron chi connectivity index (χ4n) is 10.7. The Kier molecular flexibility index (Phi) is 10.6. The van der Waals surface area contributed by atoms with Crippen LogP contribution in [0.2, 0.25) is 39.3 Å². The fraction of sp³-hybridized carbons (Fsp3) is 0.0909. The second-order valence-electron chi connectivity index (χ2n) is 21.0. The summed E-state index contributed by atoms with van der Waals surface area (Å²) in [5, 5.41) is 15.3. The molecule has 0 amide bonds. The third kappa shape index (κ3) is 7.65. The van der Waals surface area contributed by atoms with Crippen LogP contribution in [0.25, 0.3) is 76.1 Å². The van der Waals surface area contributed by atoms with Gasteiger partial charge >= 0.3 is 0 Å². The first kappa shape index (κ1) is 43.5. The van der Waals surface area contributed by atoms with Crippen LogP contribution in [0, 0.1) is 0 Å². The Labute approximate surface area is 414 Å². The minimum absolute atomic E-state index is 1.12. The first-order chi connectivity index (χ1) is 34.0. The Balaban J connectivity index is 1.23. The molecule has 12 rings (SSSR count). The van der Waals surface area contributed by atoms with Gasteiger partial charge in [0.15, 0.2) is 0 Å². The zero-order valence-corrected chi connectivity index (χ0v) is 42.8. The summed E-state index contributed by atoms with van der Waals surface area (Å²) in [6, 6.07) is 86.7. The lowest BCUT2D eigenvalue weighted by molar-refractivity contribution is 1.30. The Bertz CT molecular complexity index is 3630. The minimum atomic E-state index is -1.56. The molecule has 0 fully saturated rings. The summed E-state index contributed by atoms with van der Waals surface area (Å²) in [7, 11) is -3.12. The summed E-state index contributed by atoms with van der Waals surface area (Å²) < 4.78 is 0. The molecular formula is C66H56N2Si2. The molecule has 0 aliphatic carbocycles. The Morgan fingerprint density at radius 3 is 0.971 bits per heavy atom. The molecule has 0 radical (unpaired) electrons. The highest BCUT2D eigenvalue weighted by atomic mass is 28.3. The second kappa shape index (κ2) is 17.0. The molecule has 0 aliphatic heterocycles. The summed E-state index contributed by atoms with van der Waals surface area (Å²) in [6.07, 6.45) is 0. The average molecular weight is 933 g/mol. The zero-order valence-electron chi connectivity index (χ0n) is 40.8. The van der Waals surface area contributed by atoms with E-state index in [-0.39, 0.29) is 0 Å². The number of anilines is 6. The van der Waals surface area contributed by atoms with Crippen molar-refractivity contribution in [3.05, 3.63) is 231 Å². The van der Waals surface area contributed by atoms with Gasteiger partial charge in [-0.25, -0.2) is 0 Å². The molecule has 12 aromatic carbocycles. The van der Waals surface area contributed by atoms with Crippen molar-refractivity contribution in [1.82, 2.24) is 0 Å². The number of hydrogen-bond donors (Lipinski definition) is 0. The van der Waals surface area contributed by atoms with Crippen molar-refractivity contribution in [3.63, 3.8) is 0 Å². The summed E-state index contributed by atoms with van der Waals surface area (Å²) in [6.45, 7) is 14.6. The summed E-state index contributed by atoms with van der Waals surface area (Å²) >= 11 is 0. The summed E-state index contributed by atoms with van der Waals surface area (Å²) in [5.41, 5.74) is 11.6. The van der Waals surface area contributed by atoms with Crippen LogP contribution < -0.4 is 20.2 Å². The van der Waals surface area contributed by atoms with Crippen LogP contribution in [0.1, 0.15) is 0 Å². The van der Waals surface area contributed by atoms with Crippen molar-refractivity contribution in [2.24, 2.45) is 0 Å². The lowest BCUT2D eigenvalue weighted by atomic mass is 9.84. The number of nitrogens with zero attached hydrogens (tertiary/aromatic N) is 2. The summed E-state index contributed by atoms with van der Waals surface area (Å²) in [5.74, 6) is 0. The van der Waals surface area contributed by atoms with Crippen molar-refractivity contribution in [2.75, 3.05) is 9.80 Å². The molecule has 0 bridgehead atoms. The number of fused-ring (bicyclic) bond motifs is 2. The highest BCUT2D eigenvalue weighted by molar-refractivity contribution is 6.89. The largest absolute Gasteiger partial charge is 0.310 e. The number of rotatable bonds is 10. The van der Waals surface area contributed by atoms with Crippen LogP contribution in [0.3, 0.4) is 0 Å². The van der Waals surface area contributed by atoms with E-state index in [4.69, 9.17) is 0 Å². The predicted molar refractivity (Wildman–Crippen MR) is 311 cm³/mol. The lowest BCUT2D eigenvalue weighted by Crippen LogP contribution is -2.37. The predicted octanol–water partition coefficient (Wildman–Crippen LogP) is 18.3. The maximum Gasteiger partial charge on any atom is 0.0775 e. The monoisotopic (exact) mass is 932 g/mol. The molecule has 0 aliphatic rings. The molecule has 0 atom stereocenters. The standard InChI is InChI=1S/C66H56N2Si2/c1-69(2,3)55-33-29-53(30-34-55)67(51-21-9-7-10-22-51)63-43-61(49-27-25-45-17-13-15-19-47(45)41-49)57-38-40-60-64(68(52-23-11-8-12-24-52)54-31-35-56(36-32-54)70(4,5)6)44-62(58-37-39-59(63)65(57)66(58)60)50-28-26-46-18-14-16-20-48(46)42-50/h7-44H,1-6H3. The van der Waals surface area contributed by atoms with Crippen LogP contribution in [-0.4, -0.2) is 16.1 Å². The maximum atomic E-state index is 2.49. The first-order valence-electron chi connectivity index (χ1n) is 24.7. The Morgan fingerprint density at radius 1 is 0.271 bits per heavy atom. The van der Waals surface area contributed by atoms with Gasteiger partial charge < -0.3 is 9.80 Å². The van der Waals surface area contributed by atoms with Crippen molar-refractivity contribution < 1.29 is 0 Å². The topological polar surface area (TPSA) is 6.48 Å². The molecule has 0 spiro atoms. The molecule has 0 saturated carbocycles. The highest BCUT2D eigenvalue weighted by Crippen LogP contribution is 2.52. The van der Waals surface area contributed by atoms with E-state index in [2.05, 4.69) is 280 Å². The normalized spacial score (nSPS) is 12.1. The van der Waals surface area contributed by atoms with E-state index in [1.807, 2.05) is 0 Å². The van der Waals surface area contributed by atoms with Crippen molar-refractivity contribution in [1.29, 1.82) is 0 Å². The van der Waals surface area contributed by atoms with Crippen LogP contribution >= 0.6 is 0 Å². The van der Waals surface area contributed by atoms with Crippen molar-refractivity contribution in [2.45, 2.75) is 39.3 Å². The Hall–Kier alpha value is -7.77. The van der Waals surface area contributed by atoms with Crippen molar-refractivity contribution >= 4 is 115 Å². The Morgan fingerprint density at radius 2 is 0.600 bits per heavy atom. The van der Waals surface area contributed by atoms with E-state index in [0.29, 0.717) is 0 Å². The molecule has 0 aromatic heterocycles. The van der Waals surface area contributed by atoms with Gasteiger partial charge in [-0.15, -0.1) is 0 Å². The molecule has 2 nitrogen and oxygen atoms in total. The van der Waals surface area contributed by atoms with Gasteiger partial charge in [0.2, 0.25) is 0 Å². The molecule has 0 N–H and O–H groups in total. The van der Waals surface area contributed by atoms with Crippen LogP contribution in [-0.2, 0) is 0 Å². The van der Waals surface area contributed by atoms with E-state index in [0.717, 1.165) is 34.1 Å². The average Bonchev–Trinajstić information content (AvgIpc) is 3.38. The molecule has 70 heavy (non-hydrogen) atoms. The molecule has 0 heterocycles. The molecule has 12 aromatic rings. The van der Waals surface area contributed by atoms with E-state index in [9.17, 15) is 0 Å². The fourth-order valence-corrected chi connectivity index (χ4v) is 13.1. The SMILES string of the molecule is C[Si](C)(C)c1ccc(N(c2ccccc2)c2cc(-c3ccc4ccccc4c3)c3ccc4c(N(c5ccccc5)c5ccc([Si](C)(C)C)cc5)cc(-c5ccc6ccccc6c5)c5ccc2c3c54)cc1. The van der Waals surface area contributed by atoms with Gasteiger partial charge in [0, 0.05) is 44.3 Å². The first-order valence-corrected chi connectivity index (χ1v) is 31.7. The minimum Gasteiger partial charge on any atom is -0.310 e. The van der Waals surface area contributed by atoms with Crippen molar-refractivity contribution in [3.8, 4) is 22.3 Å². The quantitative estimate of drug-likeness (QED) is 0.0996. The smallest absolute Gasteiger partial charge is 0.0775 e. The molecule has 0 unspecified atom stereocenters.